The number of halogens is 2. The number of nitrogens with one attached hydrogen (secondary N) is 1. The van der Waals surface area contributed by atoms with Gasteiger partial charge in [0, 0.05) is 4.47 Å². The molecule has 0 heterocycles. The number of benzene rings is 2. The molecule has 1 aliphatic rings. The van der Waals surface area contributed by atoms with Crippen LogP contribution in [0.4, 0.5) is 4.39 Å². The van der Waals surface area contributed by atoms with Gasteiger partial charge in [0.25, 0.3) is 5.91 Å². The Hall–Kier alpha value is -1.77. The van der Waals surface area contributed by atoms with E-state index < -0.39 is 21.5 Å². The number of carbonyl (C=O) groups excluding carboxylic acids is 1. The van der Waals surface area contributed by atoms with E-state index in [2.05, 4.69) is 21.2 Å². The average molecular weight is 441 g/mol. The first-order valence-corrected chi connectivity index (χ1v) is 10.5. The van der Waals surface area contributed by atoms with E-state index in [0.717, 1.165) is 31.2 Å². The molecule has 1 fully saturated rings. The first-order chi connectivity index (χ1) is 12.2. The number of carbonyl (C=O) groups is 1. The van der Waals surface area contributed by atoms with Crippen LogP contribution in [0.5, 0.6) is 0 Å². The van der Waals surface area contributed by atoms with Crippen LogP contribution in [-0.2, 0) is 15.6 Å². The summed E-state index contributed by atoms with van der Waals surface area (Å²) >= 11 is 3.28. The van der Waals surface area contributed by atoms with Crippen molar-refractivity contribution < 1.29 is 17.6 Å². The molecule has 1 amide bonds. The third-order valence-corrected chi connectivity index (χ3v) is 6.32. The van der Waals surface area contributed by atoms with E-state index in [-0.39, 0.29) is 16.3 Å². The van der Waals surface area contributed by atoms with Crippen LogP contribution in [0.3, 0.4) is 0 Å². The highest BCUT2D eigenvalue weighted by Gasteiger charge is 2.37. The lowest BCUT2D eigenvalue weighted by Crippen LogP contribution is -2.44. The number of amides is 1. The number of primary sulfonamides is 1. The topological polar surface area (TPSA) is 89.3 Å². The van der Waals surface area contributed by atoms with Gasteiger partial charge in [-0.3, -0.25) is 4.79 Å². The van der Waals surface area contributed by atoms with E-state index in [1.807, 2.05) is 0 Å². The maximum absolute atomic E-state index is 13.3. The van der Waals surface area contributed by atoms with Crippen LogP contribution in [0.1, 0.15) is 41.6 Å². The Kier molecular flexibility index (Phi) is 5.18. The van der Waals surface area contributed by atoms with Gasteiger partial charge in [0.05, 0.1) is 16.0 Å². The van der Waals surface area contributed by atoms with Crippen LogP contribution in [0.2, 0.25) is 0 Å². The van der Waals surface area contributed by atoms with Gasteiger partial charge >= 0.3 is 0 Å². The van der Waals surface area contributed by atoms with E-state index in [4.69, 9.17) is 5.14 Å². The van der Waals surface area contributed by atoms with Gasteiger partial charge in [-0.1, -0.05) is 25.0 Å². The maximum Gasteiger partial charge on any atom is 0.253 e. The zero-order chi connectivity index (χ0) is 18.9. The van der Waals surface area contributed by atoms with E-state index in [1.165, 1.54) is 30.3 Å². The highest BCUT2D eigenvalue weighted by molar-refractivity contribution is 9.10. The predicted octanol–water partition coefficient (Wildman–Crippen LogP) is 3.43. The van der Waals surface area contributed by atoms with Gasteiger partial charge < -0.3 is 5.32 Å². The second-order valence-corrected chi connectivity index (χ2v) is 8.85. The molecule has 0 spiro atoms. The Morgan fingerprint density at radius 3 is 2.31 bits per heavy atom. The van der Waals surface area contributed by atoms with E-state index in [0.29, 0.717) is 4.47 Å². The summed E-state index contributed by atoms with van der Waals surface area (Å²) in [6.45, 7) is 0. The van der Waals surface area contributed by atoms with Crippen molar-refractivity contribution in [1.82, 2.24) is 5.32 Å². The number of rotatable bonds is 4. The molecule has 0 aliphatic heterocycles. The molecule has 0 saturated heterocycles. The molecule has 0 radical (unpaired) electrons. The highest BCUT2D eigenvalue weighted by atomic mass is 79.9. The standard InChI is InChI=1S/C18H18BrFN2O3S/c19-16-8-7-14(26(21,24)25)11-15(16)17(23)22-18(9-1-2-10-18)12-3-5-13(20)6-4-12/h3-8,11H,1-2,9-10H2,(H,22,23)(H2,21,24,25). The van der Waals surface area contributed by atoms with Gasteiger partial charge in [-0.05, 0) is 64.7 Å². The van der Waals surface area contributed by atoms with Gasteiger partial charge in [-0.2, -0.15) is 0 Å². The Bertz CT molecular complexity index is 939. The molecule has 3 rings (SSSR count). The Labute approximate surface area is 160 Å². The lowest BCUT2D eigenvalue weighted by Gasteiger charge is -2.31. The van der Waals surface area contributed by atoms with Crippen molar-refractivity contribution in [1.29, 1.82) is 0 Å². The van der Waals surface area contributed by atoms with E-state index >= 15 is 0 Å². The minimum Gasteiger partial charge on any atom is -0.342 e. The molecule has 0 unspecified atom stereocenters. The molecule has 3 N–H and O–H groups in total. The van der Waals surface area contributed by atoms with Gasteiger partial charge in [0.1, 0.15) is 5.82 Å². The molecule has 0 bridgehead atoms. The SMILES string of the molecule is NS(=O)(=O)c1ccc(Br)c(C(=O)NC2(c3ccc(F)cc3)CCCC2)c1. The summed E-state index contributed by atoms with van der Waals surface area (Å²) in [5.41, 5.74) is 0.426. The first-order valence-electron chi connectivity index (χ1n) is 8.12. The summed E-state index contributed by atoms with van der Waals surface area (Å²) in [4.78, 5) is 12.8. The van der Waals surface area contributed by atoms with Crippen LogP contribution in [0, 0.1) is 5.82 Å². The van der Waals surface area contributed by atoms with Crippen LogP contribution >= 0.6 is 15.9 Å². The molecule has 138 valence electrons. The predicted molar refractivity (Wildman–Crippen MR) is 99.5 cm³/mol. The summed E-state index contributed by atoms with van der Waals surface area (Å²) in [6.07, 6.45) is 3.35. The molecule has 2 aromatic carbocycles. The second kappa shape index (κ2) is 7.09. The largest absolute Gasteiger partial charge is 0.342 e. The molecule has 0 aromatic heterocycles. The smallest absolute Gasteiger partial charge is 0.253 e. The van der Waals surface area contributed by atoms with Crippen LogP contribution < -0.4 is 10.5 Å². The van der Waals surface area contributed by atoms with Crippen molar-refractivity contribution in [2.24, 2.45) is 5.14 Å². The number of sulfonamides is 1. The summed E-state index contributed by atoms with van der Waals surface area (Å²) in [5.74, 6) is -0.745. The van der Waals surface area contributed by atoms with Crippen LogP contribution in [0.15, 0.2) is 51.8 Å². The van der Waals surface area contributed by atoms with Gasteiger partial charge in [0.2, 0.25) is 10.0 Å². The summed E-state index contributed by atoms with van der Waals surface area (Å²) in [6, 6.07) is 10.2. The molecular formula is C18H18BrFN2O3S. The van der Waals surface area contributed by atoms with Crippen molar-refractivity contribution in [3.8, 4) is 0 Å². The molecule has 1 aliphatic carbocycles. The van der Waals surface area contributed by atoms with Crippen molar-refractivity contribution in [2.45, 2.75) is 36.1 Å². The quantitative estimate of drug-likeness (QED) is 0.762. The molecule has 2 aromatic rings. The zero-order valence-corrected chi connectivity index (χ0v) is 16.2. The molecule has 26 heavy (non-hydrogen) atoms. The average Bonchev–Trinajstić information content (AvgIpc) is 3.04. The van der Waals surface area contributed by atoms with Gasteiger partial charge in [-0.15, -0.1) is 0 Å². The first kappa shape index (κ1) is 19.0. The molecular weight excluding hydrogens is 423 g/mol. The second-order valence-electron chi connectivity index (χ2n) is 6.44. The monoisotopic (exact) mass is 440 g/mol. The minimum absolute atomic E-state index is 0.131. The maximum atomic E-state index is 13.3. The summed E-state index contributed by atoms with van der Waals surface area (Å²) in [7, 11) is -3.92. The van der Waals surface area contributed by atoms with Crippen molar-refractivity contribution in [3.63, 3.8) is 0 Å². The molecule has 8 heteroatoms. The van der Waals surface area contributed by atoms with Crippen LogP contribution in [-0.4, -0.2) is 14.3 Å². The zero-order valence-electron chi connectivity index (χ0n) is 13.8. The Balaban J connectivity index is 1.96. The fraction of sp³-hybridized carbons (Fsp3) is 0.278. The lowest BCUT2D eigenvalue weighted by atomic mass is 9.87. The fourth-order valence-electron chi connectivity index (χ4n) is 3.37. The lowest BCUT2D eigenvalue weighted by molar-refractivity contribution is 0.0897. The molecule has 0 atom stereocenters. The third kappa shape index (κ3) is 3.82. The van der Waals surface area contributed by atoms with Gasteiger partial charge in [-0.25, -0.2) is 17.9 Å². The Morgan fingerprint density at radius 2 is 1.73 bits per heavy atom. The third-order valence-electron chi connectivity index (χ3n) is 4.72. The Morgan fingerprint density at radius 1 is 1.12 bits per heavy atom. The van der Waals surface area contributed by atoms with Crippen molar-refractivity contribution in [2.75, 3.05) is 0 Å². The van der Waals surface area contributed by atoms with Crippen molar-refractivity contribution in [3.05, 3.63) is 63.9 Å². The van der Waals surface area contributed by atoms with Crippen LogP contribution in [0.25, 0.3) is 0 Å². The van der Waals surface area contributed by atoms with Gasteiger partial charge in [0.15, 0.2) is 0 Å². The fourth-order valence-corrected chi connectivity index (χ4v) is 4.34. The molecule has 5 nitrogen and oxygen atoms in total. The molecule has 1 saturated carbocycles. The number of hydrogen-bond acceptors (Lipinski definition) is 3. The normalized spacial score (nSPS) is 16.4. The number of hydrogen-bond donors (Lipinski definition) is 2. The minimum atomic E-state index is -3.92. The highest BCUT2D eigenvalue weighted by Crippen LogP contribution is 2.39. The van der Waals surface area contributed by atoms with Crippen molar-refractivity contribution >= 4 is 31.9 Å². The van der Waals surface area contributed by atoms with E-state index in [9.17, 15) is 17.6 Å². The number of nitrogens with two attached hydrogens (primary N) is 1. The summed E-state index contributed by atoms with van der Waals surface area (Å²) in [5, 5.41) is 8.20. The summed E-state index contributed by atoms with van der Waals surface area (Å²) < 4.78 is 36.9. The van der Waals surface area contributed by atoms with E-state index in [1.54, 1.807) is 12.1 Å².